The summed E-state index contributed by atoms with van der Waals surface area (Å²) in [5.74, 6) is -0.321. The highest BCUT2D eigenvalue weighted by Gasteiger charge is 2.62. The molecule has 4 aliphatic rings. The van der Waals surface area contributed by atoms with Gasteiger partial charge >= 0.3 is 11.9 Å². The molecule has 290 valence electrons. The summed E-state index contributed by atoms with van der Waals surface area (Å²) in [5.41, 5.74) is 2.62. The molecule has 8 atom stereocenters. The summed E-state index contributed by atoms with van der Waals surface area (Å²) >= 11 is 13.4. The van der Waals surface area contributed by atoms with Gasteiger partial charge in [0.1, 0.15) is 11.1 Å². The van der Waals surface area contributed by atoms with Crippen LogP contribution in [-0.2, 0) is 9.47 Å². The van der Waals surface area contributed by atoms with Gasteiger partial charge in [0.25, 0.3) is 0 Å². The molecule has 0 saturated heterocycles. The average Bonchev–Trinajstić information content (AvgIpc) is 3.49. The number of carbonyl (C=O) groups excluding carboxylic acids is 2. The molecule has 4 fully saturated rings. The number of hydrogen-bond acceptors (Lipinski definition) is 6. The van der Waals surface area contributed by atoms with Gasteiger partial charge in [-0.15, -0.1) is 0 Å². The van der Waals surface area contributed by atoms with E-state index in [0.717, 1.165) is 44.1 Å². The van der Waals surface area contributed by atoms with Gasteiger partial charge in [-0.25, -0.2) is 18.4 Å². The molecule has 0 aliphatic heterocycles. The summed E-state index contributed by atoms with van der Waals surface area (Å²) in [6, 6.07) is 6.85. The first-order chi connectivity index (χ1) is 25.1. The van der Waals surface area contributed by atoms with Crippen LogP contribution in [0.2, 0.25) is 10.0 Å². The number of alkyl halides is 2. The number of carbonyl (C=O) groups is 2. The second-order valence-electron chi connectivity index (χ2n) is 16.7. The van der Waals surface area contributed by atoms with Crippen LogP contribution in [0.15, 0.2) is 30.3 Å². The maximum Gasteiger partial charge on any atom is 0.341 e. The predicted molar refractivity (Wildman–Crippen MR) is 204 cm³/mol. The molecule has 10 heteroatoms. The van der Waals surface area contributed by atoms with Crippen LogP contribution in [0, 0.1) is 46.3 Å². The number of benzene rings is 2. The Hall–Kier alpha value is -2.84. The quantitative estimate of drug-likeness (QED) is 0.224. The van der Waals surface area contributed by atoms with Crippen LogP contribution in [0.1, 0.15) is 123 Å². The highest BCUT2D eigenvalue weighted by atomic mass is 35.5. The van der Waals surface area contributed by atoms with Crippen molar-refractivity contribution in [2.75, 3.05) is 28.4 Å². The van der Waals surface area contributed by atoms with Crippen LogP contribution in [0.3, 0.4) is 0 Å². The number of halogens is 4. The number of rotatable bonds is 10. The van der Waals surface area contributed by atoms with Crippen molar-refractivity contribution in [3.8, 4) is 11.5 Å². The van der Waals surface area contributed by atoms with E-state index in [4.69, 9.17) is 42.1 Å². The molecule has 2 aromatic rings. The first-order valence-corrected chi connectivity index (χ1v) is 19.9. The molecule has 0 spiro atoms. The Bertz CT molecular complexity index is 1680. The van der Waals surface area contributed by atoms with Crippen LogP contribution < -0.4 is 9.47 Å². The summed E-state index contributed by atoms with van der Waals surface area (Å²) in [6.07, 6.45) is 11.3. The van der Waals surface area contributed by atoms with Crippen molar-refractivity contribution >= 4 is 40.7 Å². The molecule has 6 nitrogen and oxygen atoms in total. The van der Waals surface area contributed by atoms with E-state index in [2.05, 4.69) is 26.8 Å². The highest BCUT2D eigenvalue weighted by molar-refractivity contribution is 6.33. The smallest absolute Gasteiger partial charge is 0.341 e. The van der Waals surface area contributed by atoms with E-state index in [1.165, 1.54) is 41.3 Å². The predicted octanol–water partition coefficient (Wildman–Crippen LogP) is 11.7. The summed E-state index contributed by atoms with van der Waals surface area (Å²) in [4.78, 5) is 25.7. The molecular weight excluding hydrogens is 721 g/mol. The van der Waals surface area contributed by atoms with E-state index < -0.39 is 17.9 Å². The van der Waals surface area contributed by atoms with Crippen molar-refractivity contribution in [2.24, 2.45) is 46.3 Å². The fourth-order valence-corrected chi connectivity index (χ4v) is 12.3. The number of methoxy groups -OCH3 is 4. The van der Waals surface area contributed by atoms with Crippen molar-refractivity contribution in [3.63, 3.8) is 0 Å². The SMILES string of the molecule is COC(=O)c1cc(C(=CCCC(C)[C@H]2CCC3C4CC[C@@H]5CC(F)(F)CC[C@]5(C)C4CC[C@@]32C)c2cc(Cl)c(OC)c(C(=O)OC)c2)cc(Cl)c1OC. The normalized spacial score (nSPS) is 30.6. The van der Waals surface area contributed by atoms with Gasteiger partial charge in [-0.1, -0.05) is 50.0 Å². The molecule has 6 rings (SSSR count). The third kappa shape index (κ3) is 7.21. The van der Waals surface area contributed by atoms with E-state index in [-0.39, 0.29) is 62.3 Å². The van der Waals surface area contributed by atoms with Crippen molar-refractivity contribution in [3.05, 3.63) is 62.6 Å². The van der Waals surface area contributed by atoms with Gasteiger partial charge in [-0.2, -0.15) is 0 Å². The number of esters is 2. The van der Waals surface area contributed by atoms with Gasteiger partial charge in [-0.05, 0) is 145 Å². The minimum Gasteiger partial charge on any atom is -0.494 e. The van der Waals surface area contributed by atoms with Crippen LogP contribution in [0.25, 0.3) is 5.57 Å². The highest BCUT2D eigenvalue weighted by Crippen LogP contribution is 2.69. The van der Waals surface area contributed by atoms with Gasteiger partial charge < -0.3 is 18.9 Å². The first-order valence-electron chi connectivity index (χ1n) is 19.1. The van der Waals surface area contributed by atoms with Gasteiger partial charge in [0.15, 0.2) is 11.5 Å². The van der Waals surface area contributed by atoms with Crippen LogP contribution in [0.4, 0.5) is 8.78 Å². The number of fused-ring (bicyclic) bond motifs is 5. The summed E-state index contributed by atoms with van der Waals surface area (Å²) in [5, 5.41) is 0.477. The molecule has 0 aromatic heterocycles. The Balaban J connectivity index is 1.28. The third-order valence-corrected chi connectivity index (χ3v) is 14.9. The Morgan fingerprint density at radius 3 is 1.91 bits per heavy atom. The second kappa shape index (κ2) is 15.4. The monoisotopic (exact) mass is 774 g/mol. The minimum atomic E-state index is -2.51. The zero-order valence-electron chi connectivity index (χ0n) is 32.1. The Morgan fingerprint density at radius 1 is 0.792 bits per heavy atom. The summed E-state index contributed by atoms with van der Waals surface area (Å²) in [6.45, 7) is 7.24. The van der Waals surface area contributed by atoms with E-state index in [0.29, 0.717) is 47.1 Å². The molecule has 0 radical (unpaired) electrons. The Morgan fingerprint density at radius 2 is 1.36 bits per heavy atom. The molecule has 2 aromatic carbocycles. The Labute approximate surface area is 323 Å². The maximum atomic E-state index is 14.5. The van der Waals surface area contributed by atoms with E-state index in [9.17, 15) is 18.4 Å². The molecular formula is C43H54Cl2F2O6. The lowest BCUT2D eigenvalue weighted by molar-refractivity contribution is -0.164. The van der Waals surface area contributed by atoms with E-state index >= 15 is 0 Å². The summed E-state index contributed by atoms with van der Waals surface area (Å²) in [7, 11) is 5.49. The maximum absolute atomic E-state index is 14.5. The van der Waals surface area contributed by atoms with Gasteiger partial charge in [0.2, 0.25) is 5.92 Å². The molecule has 53 heavy (non-hydrogen) atoms. The fourth-order valence-electron chi connectivity index (χ4n) is 11.7. The summed E-state index contributed by atoms with van der Waals surface area (Å²) < 4.78 is 50.0. The molecule has 0 bridgehead atoms. The second-order valence-corrected chi connectivity index (χ2v) is 17.5. The zero-order chi connectivity index (χ0) is 38.5. The van der Waals surface area contributed by atoms with Gasteiger partial charge in [0.05, 0.1) is 38.5 Å². The van der Waals surface area contributed by atoms with Crippen LogP contribution >= 0.6 is 23.2 Å². The number of allylic oxidation sites excluding steroid dienone is 1. The van der Waals surface area contributed by atoms with Crippen molar-refractivity contribution in [1.29, 1.82) is 0 Å². The van der Waals surface area contributed by atoms with Crippen molar-refractivity contribution in [2.45, 2.75) is 97.3 Å². The third-order valence-electron chi connectivity index (χ3n) is 14.3. The Kier molecular flexibility index (Phi) is 11.5. The van der Waals surface area contributed by atoms with Gasteiger partial charge in [0, 0.05) is 12.8 Å². The standard InChI is InChI=1S/C43H54Cl2F2O6/c1-24(32-13-14-33-29-12-11-27-23-43(46,47)18-17-41(27,2)34(29)15-16-42(32,33)3)9-8-10-28(25-19-30(39(48)52-6)37(50-4)35(44)21-25)26-20-31(40(49)53-7)38(51-5)36(45)22-26/h10,19-22,24,27,29,32-34H,8-9,11-18,23H2,1-7H3/t24?,27-,29?,32-,33?,34?,41+,42-/m1/s1. The van der Waals surface area contributed by atoms with E-state index in [1.807, 2.05) is 0 Å². The van der Waals surface area contributed by atoms with Crippen LogP contribution in [0.5, 0.6) is 11.5 Å². The molecule has 4 unspecified atom stereocenters. The number of hydrogen-bond donors (Lipinski definition) is 0. The minimum absolute atomic E-state index is 0.0347. The van der Waals surface area contributed by atoms with Crippen LogP contribution in [-0.4, -0.2) is 46.3 Å². The molecule has 4 saturated carbocycles. The lowest BCUT2D eigenvalue weighted by atomic mass is 9.44. The lowest BCUT2D eigenvalue weighted by Crippen LogP contribution is -2.55. The van der Waals surface area contributed by atoms with Crippen molar-refractivity contribution in [1.82, 2.24) is 0 Å². The van der Waals surface area contributed by atoms with E-state index in [1.54, 1.807) is 24.3 Å². The molecule has 0 amide bonds. The molecule has 0 N–H and O–H groups in total. The average molecular weight is 776 g/mol. The lowest BCUT2D eigenvalue weighted by Gasteiger charge is -2.61. The number of ether oxygens (including phenoxy) is 4. The molecule has 4 aliphatic carbocycles. The fraction of sp³-hybridized carbons (Fsp3) is 0.628. The van der Waals surface area contributed by atoms with Gasteiger partial charge in [-0.3, -0.25) is 0 Å². The zero-order valence-corrected chi connectivity index (χ0v) is 33.6. The largest absolute Gasteiger partial charge is 0.494 e. The topological polar surface area (TPSA) is 71.1 Å². The molecule has 0 heterocycles. The first kappa shape index (κ1) is 39.8. The van der Waals surface area contributed by atoms with Crippen molar-refractivity contribution < 1.29 is 37.3 Å².